The van der Waals surface area contributed by atoms with E-state index >= 15 is 0 Å². The van der Waals surface area contributed by atoms with Crippen molar-refractivity contribution in [1.29, 1.82) is 0 Å². The van der Waals surface area contributed by atoms with Crippen LogP contribution in [0.1, 0.15) is 45.4 Å². The number of hydrogen-bond donors (Lipinski definition) is 0. The summed E-state index contributed by atoms with van der Waals surface area (Å²) in [5.74, 6) is 1.97. The second kappa shape index (κ2) is 3.00. The zero-order chi connectivity index (χ0) is 7.68. The molecule has 62 valence electrons. The number of rotatable bonds is 2. The van der Waals surface area contributed by atoms with Crippen molar-refractivity contribution in [1.82, 2.24) is 0 Å². The second-order valence-corrected chi connectivity index (χ2v) is 4.10. The van der Waals surface area contributed by atoms with Crippen LogP contribution in [0.15, 0.2) is 11.6 Å². The van der Waals surface area contributed by atoms with Crippen LogP contribution in [0.25, 0.3) is 0 Å². The lowest BCUT2D eigenvalue weighted by Gasteiger charge is -2.35. The summed E-state index contributed by atoms with van der Waals surface area (Å²) in [7, 11) is 0. The molecule has 0 atom stereocenters. The van der Waals surface area contributed by atoms with Gasteiger partial charge in [-0.1, -0.05) is 25.0 Å². The Morgan fingerprint density at radius 2 is 2.00 bits per heavy atom. The number of fused-ring (bicyclic) bond motifs is 2. The van der Waals surface area contributed by atoms with E-state index in [-0.39, 0.29) is 0 Å². The molecule has 0 radical (unpaired) electrons. The lowest BCUT2D eigenvalue weighted by Crippen LogP contribution is -2.21. The van der Waals surface area contributed by atoms with Crippen LogP contribution >= 0.6 is 0 Å². The molecule has 2 bridgehead atoms. The molecule has 0 aromatic carbocycles. The van der Waals surface area contributed by atoms with Gasteiger partial charge in [-0.25, -0.2) is 0 Å². The summed E-state index contributed by atoms with van der Waals surface area (Å²) < 4.78 is 0. The minimum Gasteiger partial charge on any atom is -0.0819 e. The highest BCUT2D eigenvalue weighted by atomic mass is 14.3. The topological polar surface area (TPSA) is 0 Å². The van der Waals surface area contributed by atoms with Crippen LogP contribution in [0.2, 0.25) is 0 Å². The summed E-state index contributed by atoms with van der Waals surface area (Å²) in [5, 5.41) is 0. The van der Waals surface area contributed by atoms with E-state index in [0.717, 1.165) is 11.8 Å². The second-order valence-electron chi connectivity index (χ2n) is 4.10. The first kappa shape index (κ1) is 7.39. The molecule has 0 heterocycles. The smallest absolute Gasteiger partial charge is 0.0203 e. The highest BCUT2D eigenvalue weighted by Crippen LogP contribution is 2.41. The van der Waals surface area contributed by atoms with Crippen LogP contribution in [-0.4, -0.2) is 0 Å². The number of hydrogen-bond acceptors (Lipinski definition) is 0. The molecule has 0 saturated heterocycles. The van der Waals surface area contributed by atoms with E-state index in [1.807, 2.05) is 0 Å². The summed E-state index contributed by atoms with van der Waals surface area (Å²) in [6.45, 7) is 2.29. The summed E-state index contributed by atoms with van der Waals surface area (Å²) in [4.78, 5) is 0. The van der Waals surface area contributed by atoms with E-state index in [9.17, 15) is 0 Å². The van der Waals surface area contributed by atoms with Crippen LogP contribution in [0, 0.1) is 11.8 Å². The van der Waals surface area contributed by atoms with E-state index < -0.39 is 0 Å². The quantitative estimate of drug-likeness (QED) is 0.528. The molecule has 11 heavy (non-hydrogen) atoms. The molecule has 0 aromatic rings. The molecule has 0 aromatic heterocycles. The van der Waals surface area contributed by atoms with Crippen molar-refractivity contribution in [2.75, 3.05) is 0 Å². The molecular weight excluding hydrogens is 132 g/mol. The Bertz CT molecular complexity index is 159. The highest BCUT2D eigenvalue weighted by molar-refractivity contribution is 5.15. The van der Waals surface area contributed by atoms with Gasteiger partial charge in [-0.2, -0.15) is 0 Å². The van der Waals surface area contributed by atoms with Gasteiger partial charge in [0, 0.05) is 0 Å². The van der Waals surface area contributed by atoms with Crippen LogP contribution < -0.4 is 0 Å². The molecule has 1 saturated carbocycles. The average molecular weight is 150 g/mol. The van der Waals surface area contributed by atoms with Crippen molar-refractivity contribution in [3.05, 3.63) is 11.6 Å². The van der Waals surface area contributed by atoms with Crippen LogP contribution in [0.4, 0.5) is 0 Å². The van der Waals surface area contributed by atoms with Crippen LogP contribution in [-0.2, 0) is 0 Å². The third kappa shape index (κ3) is 1.36. The van der Waals surface area contributed by atoms with E-state index in [2.05, 4.69) is 13.0 Å². The first-order chi connectivity index (χ1) is 5.40. The van der Waals surface area contributed by atoms with E-state index in [0.29, 0.717) is 0 Å². The predicted molar refractivity (Wildman–Crippen MR) is 48.4 cm³/mol. The van der Waals surface area contributed by atoms with Crippen molar-refractivity contribution in [2.24, 2.45) is 11.8 Å². The Labute approximate surface area is 69.7 Å². The fourth-order valence-electron chi connectivity index (χ4n) is 2.67. The van der Waals surface area contributed by atoms with Crippen LogP contribution in [0.5, 0.6) is 0 Å². The molecule has 1 fully saturated rings. The third-order valence-corrected chi connectivity index (χ3v) is 3.28. The Kier molecular flexibility index (Phi) is 2.02. The van der Waals surface area contributed by atoms with Gasteiger partial charge in [-0.15, -0.1) is 0 Å². The molecule has 3 aliphatic carbocycles. The Hall–Kier alpha value is -0.260. The molecule has 3 aliphatic rings. The van der Waals surface area contributed by atoms with Gasteiger partial charge in [0.15, 0.2) is 0 Å². The van der Waals surface area contributed by atoms with Crippen molar-refractivity contribution < 1.29 is 0 Å². The maximum atomic E-state index is 2.58. The molecular formula is C11H18. The normalized spacial score (nSPS) is 35.5. The maximum Gasteiger partial charge on any atom is -0.0203 e. The summed E-state index contributed by atoms with van der Waals surface area (Å²) in [5.41, 5.74) is 1.80. The minimum absolute atomic E-state index is 0.974. The van der Waals surface area contributed by atoms with Gasteiger partial charge in [0.2, 0.25) is 0 Å². The molecule has 0 nitrogen and oxygen atoms in total. The molecule has 0 heteroatoms. The van der Waals surface area contributed by atoms with Crippen molar-refractivity contribution in [3.63, 3.8) is 0 Å². The van der Waals surface area contributed by atoms with Crippen molar-refractivity contribution in [2.45, 2.75) is 45.4 Å². The van der Waals surface area contributed by atoms with Gasteiger partial charge in [-0.3, -0.25) is 0 Å². The fourth-order valence-corrected chi connectivity index (χ4v) is 2.67. The molecule has 0 spiro atoms. The largest absolute Gasteiger partial charge is 0.0819 e. The lowest BCUT2D eigenvalue weighted by atomic mass is 9.70. The van der Waals surface area contributed by atoms with E-state index in [4.69, 9.17) is 0 Å². The van der Waals surface area contributed by atoms with Gasteiger partial charge in [-0.05, 0) is 43.9 Å². The van der Waals surface area contributed by atoms with E-state index in [1.165, 1.54) is 38.5 Å². The standard InChI is InChI=1S/C11H18/c1-2-3-11-8-9-4-6-10(11)7-5-9/h8-10H,2-7H2,1H3. The highest BCUT2D eigenvalue weighted by Gasteiger charge is 2.27. The maximum absolute atomic E-state index is 2.58. The molecule has 3 rings (SSSR count). The Balaban J connectivity index is 2.08. The van der Waals surface area contributed by atoms with Gasteiger partial charge < -0.3 is 0 Å². The molecule has 0 N–H and O–H groups in total. The Morgan fingerprint density at radius 3 is 2.45 bits per heavy atom. The van der Waals surface area contributed by atoms with Crippen molar-refractivity contribution in [3.8, 4) is 0 Å². The lowest BCUT2D eigenvalue weighted by molar-refractivity contribution is 0.305. The predicted octanol–water partition coefficient (Wildman–Crippen LogP) is 3.53. The first-order valence-corrected chi connectivity index (χ1v) is 5.10. The van der Waals surface area contributed by atoms with Gasteiger partial charge >= 0.3 is 0 Å². The zero-order valence-corrected chi connectivity index (χ0v) is 7.47. The molecule has 0 unspecified atom stereocenters. The SMILES string of the molecule is CCCC1=CC2CCC1CC2. The monoisotopic (exact) mass is 150 g/mol. The van der Waals surface area contributed by atoms with Gasteiger partial charge in [0.1, 0.15) is 0 Å². The molecule has 0 amide bonds. The minimum atomic E-state index is 0.974. The summed E-state index contributed by atoms with van der Waals surface area (Å²) >= 11 is 0. The van der Waals surface area contributed by atoms with Crippen molar-refractivity contribution >= 4 is 0 Å². The fraction of sp³-hybridized carbons (Fsp3) is 0.818. The van der Waals surface area contributed by atoms with Gasteiger partial charge in [0.05, 0.1) is 0 Å². The third-order valence-electron chi connectivity index (χ3n) is 3.28. The summed E-state index contributed by atoms with van der Waals surface area (Å²) in [6, 6.07) is 0. The summed E-state index contributed by atoms with van der Waals surface area (Å²) in [6.07, 6.45) is 11.3. The number of allylic oxidation sites excluding steroid dienone is 2. The Morgan fingerprint density at radius 1 is 1.27 bits per heavy atom. The first-order valence-electron chi connectivity index (χ1n) is 5.10. The zero-order valence-electron chi connectivity index (χ0n) is 7.47. The van der Waals surface area contributed by atoms with Crippen LogP contribution in [0.3, 0.4) is 0 Å². The average Bonchev–Trinajstić information content (AvgIpc) is 2.07. The van der Waals surface area contributed by atoms with E-state index in [1.54, 1.807) is 5.57 Å². The molecule has 0 aliphatic heterocycles. The van der Waals surface area contributed by atoms with Gasteiger partial charge in [0.25, 0.3) is 0 Å².